The van der Waals surface area contributed by atoms with E-state index in [1.165, 1.54) is 0 Å². The first-order valence-corrected chi connectivity index (χ1v) is 3.50. The molecule has 5 nitrogen and oxygen atoms in total. The van der Waals surface area contributed by atoms with Crippen molar-refractivity contribution < 1.29 is 4.79 Å². The van der Waals surface area contributed by atoms with Gasteiger partial charge in [-0.2, -0.15) is 0 Å². The molecule has 2 amide bonds. The van der Waals surface area contributed by atoms with E-state index >= 15 is 0 Å². The lowest BCUT2D eigenvalue weighted by atomic mass is 10.4. The molecule has 1 rings (SSSR count). The molecule has 0 aliphatic heterocycles. The van der Waals surface area contributed by atoms with Crippen LogP contribution in [0, 0.1) is 6.92 Å². The number of aryl methyl sites for hydroxylation is 1. The molecule has 0 aliphatic rings. The van der Waals surface area contributed by atoms with Gasteiger partial charge in [0, 0.05) is 6.20 Å². The zero-order valence-corrected chi connectivity index (χ0v) is 6.74. The Hall–Kier alpha value is -1.65. The van der Waals surface area contributed by atoms with E-state index < -0.39 is 6.03 Å². The predicted molar refractivity (Wildman–Crippen MR) is 43.2 cm³/mol. The van der Waals surface area contributed by atoms with Gasteiger partial charge in [0.1, 0.15) is 5.82 Å². The molecule has 64 valence electrons. The third-order valence-electron chi connectivity index (χ3n) is 1.28. The summed E-state index contributed by atoms with van der Waals surface area (Å²) in [6, 6.07) is 1.18. The van der Waals surface area contributed by atoms with Gasteiger partial charge in [0.15, 0.2) is 0 Å². The highest BCUT2D eigenvalue weighted by atomic mass is 16.2. The Bertz CT molecular complexity index is 286. The highest BCUT2D eigenvalue weighted by molar-refractivity contribution is 5.71. The van der Waals surface area contributed by atoms with Crippen molar-refractivity contribution in [2.75, 3.05) is 0 Å². The van der Waals surface area contributed by atoms with Gasteiger partial charge in [-0.05, 0) is 13.0 Å². The zero-order valence-electron chi connectivity index (χ0n) is 6.74. The van der Waals surface area contributed by atoms with Crippen molar-refractivity contribution in [2.24, 2.45) is 5.73 Å². The summed E-state index contributed by atoms with van der Waals surface area (Å²) in [5, 5.41) is 2.44. The standard InChI is InChI=1S/C7H10N4O/c1-5-9-3-2-6(11-5)4-10-7(8)12/h2-3H,4H2,1H3,(H3,8,10,12). The number of amides is 2. The fourth-order valence-corrected chi connectivity index (χ4v) is 0.781. The zero-order chi connectivity index (χ0) is 8.97. The number of carbonyl (C=O) groups excluding carboxylic acids is 1. The summed E-state index contributed by atoms with van der Waals surface area (Å²) in [6.45, 7) is 2.13. The summed E-state index contributed by atoms with van der Waals surface area (Å²) in [6.07, 6.45) is 1.64. The monoisotopic (exact) mass is 166 g/mol. The molecule has 0 unspecified atom stereocenters. The van der Waals surface area contributed by atoms with Crippen LogP contribution in [0.2, 0.25) is 0 Å². The number of urea groups is 1. The molecule has 12 heavy (non-hydrogen) atoms. The molecule has 1 aromatic heterocycles. The minimum atomic E-state index is -0.550. The summed E-state index contributed by atoms with van der Waals surface area (Å²) in [5.41, 5.74) is 5.64. The Morgan fingerprint density at radius 2 is 2.50 bits per heavy atom. The Morgan fingerprint density at radius 1 is 1.75 bits per heavy atom. The van der Waals surface area contributed by atoms with E-state index in [0.717, 1.165) is 5.69 Å². The second-order valence-electron chi connectivity index (χ2n) is 2.31. The van der Waals surface area contributed by atoms with E-state index in [4.69, 9.17) is 5.73 Å². The fourth-order valence-electron chi connectivity index (χ4n) is 0.781. The molecular weight excluding hydrogens is 156 g/mol. The van der Waals surface area contributed by atoms with E-state index in [1.807, 2.05) is 0 Å². The predicted octanol–water partition coefficient (Wildman–Crippen LogP) is -0.0467. The number of aromatic nitrogens is 2. The van der Waals surface area contributed by atoms with Crippen LogP contribution < -0.4 is 11.1 Å². The lowest BCUT2D eigenvalue weighted by molar-refractivity contribution is 0.248. The van der Waals surface area contributed by atoms with E-state index in [1.54, 1.807) is 19.2 Å². The summed E-state index contributed by atoms with van der Waals surface area (Å²) in [7, 11) is 0. The summed E-state index contributed by atoms with van der Waals surface area (Å²) >= 11 is 0. The number of nitrogens with one attached hydrogen (secondary N) is 1. The third kappa shape index (κ3) is 2.53. The van der Waals surface area contributed by atoms with Crippen LogP contribution in [0.3, 0.4) is 0 Å². The topological polar surface area (TPSA) is 80.9 Å². The molecule has 0 spiro atoms. The van der Waals surface area contributed by atoms with E-state index in [-0.39, 0.29) is 0 Å². The van der Waals surface area contributed by atoms with Crippen molar-refractivity contribution in [3.8, 4) is 0 Å². The van der Waals surface area contributed by atoms with Crippen LogP contribution in [0.25, 0.3) is 0 Å². The number of nitrogens with zero attached hydrogens (tertiary/aromatic N) is 2. The number of primary amides is 1. The molecule has 0 aromatic carbocycles. The largest absolute Gasteiger partial charge is 0.352 e. The van der Waals surface area contributed by atoms with Gasteiger partial charge in [-0.3, -0.25) is 0 Å². The van der Waals surface area contributed by atoms with Crippen LogP contribution in [0.5, 0.6) is 0 Å². The van der Waals surface area contributed by atoms with E-state index in [2.05, 4.69) is 15.3 Å². The summed E-state index contributed by atoms with van der Waals surface area (Å²) in [5.74, 6) is 0.679. The van der Waals surface area contributed by atoms with Gasteiger partial charge in [0.05, 0.1) is 12.2 Å². The summed E-state index contributed by atoms with van der Waals surface area (Å²) < 4.78 is 0. The minimum absolute atomic E-state index is 0.346. The van der Waals surface area contributed by atoms with Gasteiger partial charge in [-0.25, -0.2) is 14.8 Å². The van der Waals surface area contributed by atoms with Crippen molar-refractivity contribution in [3.05, 3.63) is 23.8 Å². The van der Waals surface area contributed by atoms with Crippen LogP contribution in [0.1, 0.15) is 11.5 Å². The van der Waals surface area contributed by atoms with Crippen LogP contribution in [-0.2, 0) is 6.54 Å². The molecule has 1 aromatic rings. The van der Waals surface area contributed by atoms with Crippen LogP contribution in [0.15, 0.2) is 12.3 Å². The Morgan fingerprint density at radius 3 is 3.08 bits per heavy atom. The molecule has 0 atom stereocenters. The number of nitrogens with two attached hydrogens (primary N) is 1. The third-order valence-corrected chi connectivity index (χ3v) is 1.28. The maximum absolute atomic E-state index is 10.3. The minimum Gasteiger partial charge on any atom is -0.352 e. The SMILES string of the molecule is Cc1nccc(CNC(N)=O)n1. The van der Waals surface area contributed by atoms with Gasteiger partial charge < -0.3 is 11.1 Å². The van der Waals surface area contributed by atoms with Gasteiger partial charge in [-0.15, -0.1) is 0 Å². The van der Waals surface area contributed by atoms with E-state index in [0.29, 0.717) is 12.4 Å². The lowest BCUT2D eigenvalue weighted by Gasteiger charge is -2.00. The summed E-state index contributed by atoms with van der Waals surface area (Å²) in [4.78, 5) is 18.3. The van der Waals surface area contributed by atoms with Gasteiger partial charge >= 0.3 is 6.03 Å². The smallest absolute Gasteiger partial charge is 0.312 e. The van der Waals surface area contributed by atoms with Crippen molar-refractivity contribution in [1.29, 1.82) is 0 Å². The van der Waals surface area contributed by atoms with E-state index in [9.17, 15) is 4.79 Å². The molecule has 1 heterocycles. The molecule has 5 heteroatoms. The van der Waals surface area contributed by atoms with Crippen molar-refractivity contribution in [3.63, 3.8) is 0 Å². The van der Waals surface area contributed by atoms with Gasteiger partial charge in [-0.1, -0.05) is 0 Å². The Labute approximate surface area is 70.0 Å². The number of carbonyl (C=O) groups is 1. The van der Waals surface area contributed by atoms with Crippen LogP contribution in [-0.4, -0.2) is 16.0 Å². The second kappa shape index (κ2) is 3.66. The normalized spacial score (nSPS) is 9.42. The quantitative estimate of drug-likeness (QED) is 0.646. The number of hydrogen-bond acceptors (Lipinski definition) is 3. The molecule has 0 aliphatic carbocycles. The highest BCUT2D eigenvalue weighted by Gasteiger charge is 1.96. The maximum Gasteiger partial charge on any atom is 0.312 e. The maximum atomic E-state index is 10.3. The van der Waals surface area contributed by atoms with Gasteiger partial charge in [0.25, 0.3) is 0 Å². The van der Waals surface area contributed by atoms with Gasteiger partial charge in [0.2, 0.25) is 0 Å². The van der Waals surface area contributed by atoms with Crippen molar-refractivity contribution in [2.45, 2.75) is 13.5 Å². The van der Waals surface area contributed by atoms with Crippen molar-refractivity contribution in [1.82, 2.24) is 15.3 Å². The van der Waals surface area contributed by atoms with Crippen molar-refractivity contribution >= 4 is 6.03 Å². The molecule has 0 fully saturated rings. The van der Waals surface area contributed by atoms with Crippen LogP contribution >= 0.6 is 0 Å². The number of rotatable bonds is 2. The number of hydrogen-bond donors (Lipinski definition) is 2. The molecular formula is C7H10N4O. The average Bonchev–Trinajstić information content (AvgIpc) is 2.01. The average molecular weight is 166 g/mol. The molecule has 0 saturated heterocycles. The lowest BCUT2D eigenvalue weighted by Crippen LogP contribution is -2.29. The molecule has 3 N–H and O–H groups in total. The first-order chi connectivity index (χ1) is 5.68. The molecule has 0 bridgehead atoms. The Balaban J connectivity index is 2.57. The first-order valence-electron chi connectivity index (χ1n) is 3.50. The highest BCUT2D eigenvalue weighted by Crippen LogP contribution is 1.92. The first kappa shape index (κ1) is 8.45. The molecule has 0 saturated carbocycles. The molecule has 0 radical (unpaired) electrons. The van der Waals surface area contributed by atoms with Crippen LogP contribution in [0.4, 0.5) is 4.79 Å². The second-order valence-corrected chi connectivity index (χ2v) is 2.31. The fraction of sp³-hybridized carbons (Fsp3) is 0.286. The Kier molecular flexibility index (Phi) is 2.57.